The Labute approximate surface area is 130 Å². The molecule has 0 saturated carbocycles. The molecule has 1 aliphatic carbocycles. The quantitative estimate of drug-likeness (QED) is 0.405. The van der Waals surface area contributed by atoms with Crippen molar-refractivity contribution in [3.05, 3.63) is 22.5 Å². The van der Waals surface area contributed by atoms with Gasteiger partial charge in [-0.15, -0.1) is 0 Å². The molecule has 0 bridgehead atoms. The van der Waals surface area contributed by atoms with E-state index in [0.717, 1.165) is 39.0 Å². The Morgan fingerprint density at radius 1 is 0.955 bits per heavy atom. The highest BCUT2D eigenvalue weighted by molar-refractivity contribution is 6.24. The van der Waals surface area contributed by atoms with Crippen LogP contribution in [0.25, 0.3) is 0 Å². The summed E-state index contributed by atoms with van der Waals surface area (Å²) in [5.74, 6) is 0.214. The van der Waals surface area contributed by atoms with E-state index in [0.29, 0.717) is 35.4 Å². The molecule has 0 aromatic heterocycles. The van der Waals surface area contributed by atoms with E-state index >= 15 is 0 Å². The number of hydrogen-bond acceptors (Lipinski definition) is 5. The normalized spacial score (nSPS) is 21.0. The zero-order chi connectivity index (χ0) is 15.9. The van der Waals surface area contributed by atoms with Crippen molar-refractivity contribution >= 4 is 17.3 Å². The van der Waals surface area contributed by atoms with Crippen molar-refractivity contribution in [3.8, 4) is 0 Å². The first kappa shape index (κ1) is 15.0. The Bertz CT molecular complexity index is 607. The smallest absolute Gasteiger partial charge is 0.207 e. The average Bonchev–Trinajstić information content (AvgIpc) is 3.32. The number of carbonyl (C=O) groups excluding carboxylic acids is 3. The van der Waals surface area contributed by atoms with Crippen LogP contribution in [0.3, 0.4) is 0 Å². The van der Waals surface area contributed by atoms with Crippen molar-refractivity contribution in [1.82, 2.24) is 9.80 Å². The minimum Gasteiger partial charge on any atom is -0.364 e. The molecule has 3 aliphatic rings. The van der Waals surface area contributed by atoms with Crippen molar-refractivity contribution in [2.24, 2.45) is 0 Å². The van der Waals surface area contributed by atoms with E-state index in [-0.39, 0.29) is 17.3 Å². The van der Waals surface area contributed by atoms with Crippen molar-refractivity contribution in [3.63, 3.8) is 0 Å². The summed E-state index contributed by atoms with van der Waals surface area (Å²) in [5, 5.41) is 0. The molecule has 5 nitrogen and oxygen atoms in total. The molecule has 2 heterocycles. The summed E-state index contributed by atoms with van der Waals surface area (Å²) in [4.78, 5) is 40.5. The topological polar surface area (TPSA) is 57.2 Å². The van der Waals surface area contributed by atoms with E-state index in [4.69, 9.17) is 0 Å². The summed E-state index contributed by atoms with van der Waals surface area (Å²) in [6.07, 6.45) is 2.68. The zero-order valence-electron chi connectivity index (χ0n) is 13.3. The monoisotopic (exact) mass is 302 g/mol. The Hall–Kier alpha value is -1.91. The summed E-state index contributed by atoms with van der Waals surface area (Å²) in [6, 6.07) is 0. The first-order chi connectivity index (χ1) is 10.5. The highest BCUT2D eigenvalue weighted by Gasteiger charge is 2.41. The highest BCUT2D eigenvalue weighted by Crippen LogP contribution is 2.35. The van der Waals surface area contributed by atoms with Gasteiger partial charge in [0.2, 0.25) is 11.6 Å². The first-order valence-electron chi connectivity index (χ1n) is 8.03. The van der Waals surface area contributed by atoms with E-state index in [2.05, 4.69) is 0 Å². The fourth-order valence-electron chi connectivity index (χ4n) is 3.01. The molecule has 0 radical (unpaired) electrons. The molecule has 0 aromatic carbocycles. The molecular formula is C17H22N2O3. The van der Waals surface area contributed by atoms with Crippen molar-refractivity contribution in [2.45, 2.75) is 39.5 Å². The molecule has 0 amide bonds. The lowest BCUT2D eigenvalue weighted by Gasteiger charge is -2.24. The maximum Gasteiger partial charge on any atom is 0.207 e. The van der Waals surface area contributed by atoms with Gasteiger partial charge in [-0.05, 0) is 33.1 Å². The lowest BCUT2D eigenvalue weighted by Crippen LogP contribution is -2.29. The minimum absolute atomic E-state index is 0.0144. The van der Waals surface area contributed by atoms with Gasteiger partial charge in [-0.2, -0.15) is 0 Å². The lowest BCUT2D eigenvalue weighted by atomic mass is 9.88. The van der Waals surface area contributed by atoms with Gasteiger partial charge in [-0.3, -0.25) is 9.59 Å². The number of rotatable bonds is 7. The van der Waals surface area contributed by atoms with Gasteiger partial charge in [0.15, 0.2) is 0 Å². The summed E-state index contributed by atoms with van der Waals surface area (Å²) >= 11 is 0. The minimum atomic E-state index is 0.0144. The molecule has 2 aliphatic heterocycles. The van der Waals surface area contributed by atoms with Crippen LogP contribution >= 0.6 is 0 Å². The average molecular weight is 302 g/mol. The summed E-state index contributed by atoms with van der Waals surface area (Å²) < 4.78 is 0. The zero-order valence-corrected chi connectivity index (χ0v) is 13.3. The number of carbonyl (C=O) groups is 3. The van der Waals surface area contributed by atoms with E-state index in [1.165, 1.54) is 0 Å². The second-order valence-corrected chi connectivity index (χ2v) is 6.34. The molecule has 0 aromatic rings. The summed E-state index contributed by atoms with van der Waals surface area (Å²) in [6.45, 7) is 6.80. The predicted molar refractivity (Wildman–Crippen MR) is 82.0 cm³/mol. The van der Waals surface area contributed by atoms with E-state index in [1.54, 1.807) is 13.8 Å². The number of nitrogens with zero attached hydrogens (tertiary/aromatic N) is 2. The lowest BCUT2D eigenvalue weighted by molar-refractivity contribution is -0.118. The predicted octanol–water partition coefficient (Wildman–Crippen LogP) is 1.45. The van der Waals surface area contributed by atoms with Crippen LogP contribution in [0.1, 0.15) is 39.5 Å². The van der Waals surface area contributed by atoms with Gasteiger partial charge in [0.05, 0.1) is 11.4 Å². The first-order valence-corrected chi connectivity index (χ1v) is 8.03. The van der Waals surface area contributed by atoms with E-state index < -0.39 is 0 Å². The van der Waals surface area contributed by atoms with E-state index in [1.807, 2.05) is 9.80 Å². The number of unbranched alkanes of at least 4 members (excludes halogenated alkanes) is 1. The van der Waals surface area contributed by atoms with Crippen LogP contribution in [0.4, 0.5) is 0 Å². The molecule has 118 valence electrons. The van der Waals surface area contributed by atoms with Crippen LogP contribution in [-0.4, -0.2) is 53.3 Å². The number of ketones is 3. The molecule has 3 rings (SSSR count). The van der Waals surface area contributed by atoms with Crippen LogP contribution in [0.2, 0.25) is 0 Å². The van der Waals surface area contributed by atoms with Crippen LogP contribution < -0.4 is 0 Å². The molecule has 5 heteroatoms. The summed E-state index contributed by atoms with van der Waals surface area (Å²) in [7, 11) is 0. The van der Waals surface area contributed by atoms with E-state index in [9.17, 15) is 14.4 Å². The second-order valence-electron chi connectivity index (χ2n) is 6.34. The molecular weight excluding hydrogens is 280 g/mol. The van der Waals surface area contributed by atoms with Crippen LogP contribution in [-0.2, 0) is 14.4 Å². The third kappa shape index (κ3) is 2.85. The fourth-order valence-corrected chi connectivity index (χ4v) is 3.01. The standard InChI is InChI=1S/C17H22N2O3/c1-11(20)5-3-4-6-13-15(19-9-10-19)16(21)12(2)14(17(13)22)18-7-8-18/h3-10H2,1-2H3. The molecule has 0 unspecified atom stereocenters. The highest BCUT2D eigenvalue weighted by atomic mass is 16.1. The maximum absolute atomic E-state index is 12.8. The molecule has 2 fully saturated rings. The van der Waals surface area contributed by atoms with Gasteiger partial charge in [-0.1, -0.05) is 0 Å². The van der Waals surface area contributed by atoms with Gasteiger partial charge in [0, 0.05) is 43.7 Å². The van der Waals surface area contributed by atoms with Crippen molar-refractivity contribution in [1.29, 1.82) is 0 Å². The van der Waals surface area contributed by atoms with Crippen LogP contribution in [0.15, 0.2) is 22.5 Å². The molecule has 0 N–H and O–H groups in total. The number of Topliss-reactive ketones (excluding diaryl/α,β-unsaturated/α-hetero) is 3. The largest absolute Gasteiger partial charge is 0.364 e. The Morgan fingerprint density at radius 2 is 1.55 bits per heavy atom. The SMILES string of the molecule is CC(=O)CCCCC1=C(N2CC2)C(=O)C(C)=C(N2CC2)C1=O. The third-order valence-electron chi connectivity index (χ3n) is 4.42. The third-order valence-corrected chi connectivity index (χ3v) is 4.42. The Balaban J connectivity index is 1.80. The van der Waals surface area contributed by atoms with Gasteiger partial charge in [0.1, 0.15) is 5.78 Å². The molecule has 0 atom stereocenters. The van der Waals surface area contributed by atoms with Crippen molar-refractivity contribution < 1.29 is 14.4 Å². The van der Waals surface area contributed by atoms with Gasteiger partial charge in [0.25, 0.3) is 0 Å². The fraction of sp³-hybridized carbons (Fsp3) is 0.588. The number of hydrogen-bond donors (Lipinski definition) is 0. The summed E-state index contributed by atoms with van der Waals surface area (Å²) in [5.41, 5.74) is 2.49. The van der Waals surface area contributed by atoms with Crippen LogP contribution in [0.5, 0.6) is 0 Å². The van der Waals surface area contributed by atoms with Gasteiger partial charge in [-0.25, -0.2) is 0 Å². The van der Waals surface area contributed by atoms with Crippen molar-refractivity contribution in [2.75, 3.05) is 26.2 Å². The number of allylic oxidation sites excluding steroid dienone is 2. The molecule has 2 saturated heterocycles. The Kier molecular flexibility index (Phi) is 3.89. The molecule has 22 heavy (non-hydrogen) atoms. The van der Waals surface area contributed by atoms with Crippen LogP contribution in [0, 0.1) is 0 Å². The van der Waals surface area contributed by atoms with Gasteiger partial charge >= 0.3 is 0 Å². The second kappa shape index (κ2) is 5.71. The maximum atomic E-state index is 12.8. The van der Waals surface area contributed by atoms with Gasteiger partial charge < -0.3 is 14.6 Å². The Morgan fingerprint density at radius 3 is 2.09 bits per heavy atom. The molecule has 0 spiro atoms.